The van der Waals surface area contributed by atoms with Gasteiger partial charge in [0.15, 0.2) is 0 Å². The van der Waals surface area contributed by atoms with Gasteiger partial charge in [-0.2, -0.15) is 5.26 Å². The van der Waals surface area contributed by atoms with Crippen LogP contribution in [0.4, 0.5) is 10.1 Å². The zero-order chi connectivity index (χ0) is 16.4. The van der Waals surface area contributed by atoms with Crippen molar-refractivity contribution in [2.75, 3.05) is 18.0 Å². The minimum absolute atomic E-state index is 0.0147. The molecule has 1 amide bonds. The zero-order valence-electron chi connectivity index (χ0n) is 12.3. The molecule has 0 saturated carbocycles. The summed E-state index contributed by atoms with van der Waals surface area (Å²) in [7, 11) is 0. The highest BCUT2D eigenvalue weighted by atomic mass is 19.1. The van der Waals surface area contributed by atoms with Crippen molar-refractivity contribution in [1.82, 2.24) is 14.8 Å². The number of carbonyl (C=O) groups is 1. The largest absolute Gasteiger partial charge is 0.368 e. The third-order valence-electron chi connectivity index (χ3n) is 3.94. The minimum atomic E-state index is -0.673. The number of nitrogens with two attached hydrogens (primary N) is 1. The molecule has 118 valence electrons. The summed E-state index contributed by atoms with van der Waals surface area (Å²) in [6.45, 7) is 1.28. The molecule has 0 aliphatic carbocycles. The van der Waals surface area contributed by atoms with Crippen LogP contribution in [-0.4, -0.2) is 33.8 Å². The van der Waals surface area contributed by atoms with Gasteiger partial charge in [-0.1, -0.05) is 6.07 Å². The summed E-state index contributed by atoms with van der Waals surface area (Å²) >= 11 is 0. The maximum absolute atomic E-state index is 13.8. The molecule has 1 fully saturated rings. The molecule has 3 rings (SSSR count). The third kappa shape index (κ3) is 2.85. The lowest BCUT2D eigenvalue weighted by Gasteiger charge is -2.34. The number of nitriles is 1. The van der Waals surface area contributed by atoms with Gasteiger partial charge in [0, 0.05) is 13.1 Å². The smallest absolute Gasteiger partial charge is 0.288 e. The molecule has 1 aromatic heterocycles. The molecule has 0 bridgehead atoms. The Morgan fingerprint density at radius 1 is 1.48 bits per heavy atom. The second kappa shape index (κ2) is 6.04. The van der Waals surface area contributed by atoms with Crippen LogP contribution in [0.1, 0.15) is 35.1 Å². The highest BCUT2D eigenvalue weighted by Gasteiger charge is 2.25. The predicted octanol–water partition coefficient (Wildman–Crippen LogP) is 1.23. The van der Waals surface area contributed by atoms with Crippen molar-refractivity contribution in [3.8, 4) is 6.07 Å². The van der Waals surface area contributed by atoms with Gasteiger partial charge in [-0.3, -0.25) is 4.79 Å². The van der Waals surface area contributed by atoms with Crippen molar-refractivity contribution in [1.29, 1.82) is 5.26 Å². The molecule has 2 heterocycles. The lowest BCUT2D eigenvalue weighted by molar-refractivity contribution is 0.0990. The summed E-state index contributed by atoms with van der Waals surface area (Å²) in [5, 5.41) is 13.3. The van der Waals surface area contributed by atoms with Crippen LogP contribution in [0.3, 0.4) is 0 Å². The van der Waals surface area contributed by atoms with E-state index >= 15 is 0 Å². The zero-order valence-corrected chi connectivity index (χ0v) is 12.3. The monoisotopic (exact) mass is 314 g/mol. The van der Waals surface area contributed by atoms with E-state index in [2.05, 4.69) is 10.1 Å². The van der Waals surface area contributed by atoms with Crippen molar-refractivity contribution in [2.24, 2.45) is 5.73 Å². The standard InChI is InChI=1S/C15H15FN6O/c16-12-4-1-5-13(11(12)7-17)21-6-2-3-10(8-21)22-9-19-15(20-22)14(18)23/h1,4-5,9-10H,2-3,6,8H2,(H2,18,23)/t10-/m0/s1. The van der Waals surface area contributed by atoms with Gasteiger partial charge in [-0.15, -0.1) is 5.10 Å². The molecule has 0 radical (unpaired) electrons. The Morgan fingerprint density at radius 2 is 2.30 bits per heavy atom. The Morgan fingerprint density at radius 3 is 3.00 bits per heavy atom. The van der Waals surface area contributed by atoms with Crippen LogP contribution in [0.2, 0.25) is 0 Å². The topological polar surface area (TPSA) is 101 Å². The van der Waals surface area contributed by atoms with Gasteiger partial charge in [0.1, 0.15) is 23.8 Å². The molecule has 1 aromatic carbocycles. The van der Waals surface area contributed by atoms with E-state index in [1.807, 2.05) is 11.0 Å². The molecule has 2 N–H and O–H groups in total. The number of anilines is 1. The third-order valence-corrected chi connectivity index (χ3v) is 3.94. The Balaban J connectivity index is 1.85. The summed E-state index contributed by atoms with van der Waals surface area (Å²) in [6, 6.07) is 6.51. The number of aromatic nitrogens is 3. The van der Waals surface area contributed by atoms with Crippen LogP contribution in [0.5, 0.6) is 0 Å². The first kappa shape index (κ1) is 15.0. The fourth-order valence-corrected chi connectivity index (χ4v) is 2.84. The van der Waals surface area contributed by atoms with E-state index in [9.17, 15) is 14.4 Å². The molecule has 8 heteroatoms. The molecule has 0 unspecified atom stereocenters. The molecule has 0 spiro atoms. The summed E-state index contributed by atoms with van der Waals surface area (Å²) in [5.41, 5.74) is 5.79. The molecule has 2 aromatic rings. The molecule has 23 heavy (non-hydrogen) atoms. The maximum atomic E-state index is 13.8. The highest BCUT2D eigenvalue weighted by molar-refractivity contribution is 5.88. The molecule has 1 aliphatic rings. The Kier molecular flexibility index (Phi) is 3.93. The van der Waals surface area contributed by atoms with E-state index < -0.39 is 11.7 Å². The van der Waals surface area contributed by atoms with Crippen molar-refractivity contribution in [3.05, 3.63) is 41.7 Å². The second-order valence-corrected chi connectivity index (χ2v) is 5.40. The van der Waals surface area contributed by atoms with Crippen LogP contribution < -0.4 is 10.6 Å². The van der Waals surface area contributed by atoms with Gasteiger partial charge < -0.3 is 10.6 Å². The molecular weight excluding hydrogens is 299 g/mol. The van der Waals surface area contributed by atoms with E-state index in [1.165, 1.54) is 12.4 Å². The van der Waals surface area contributed by atoms with Crippen LogP contribution in [0.25, 0.3) is 0 Å². The first-order valence-corrected chi connectivity index (χ1v) is 7.24. The number of hydrogen-bond acceptors (Lipinski definition) is 5. The lowest BCUT2D eigenvalue weighted by atomic mass is 10.0. The fraction of sp³-hybridized carbons (Fsp3) is 0.333. The van der Waals surface area contributed by atoms with Crippen LogP contribution in [0.15, 0.2) is 24.5 Å². The number of rotatable bonds is 3. The van der Waals surface area contributed by atoms with Gasteiger partial charge in [0.2, 0.25) is 5.82 Å². The summed E-state index contributed by atoms with van der Waals surface area (Å²) in [4.78, 5) is 16.9. The molecular formula is C15H15FN6O. The number of nitrogens with zero attached hydrogens (tertiary/aromatic N) is 5. The van der Waals surface area contributed by atoms with Gasteiger partial charge >= 0.3 is 0 Å². The summed E-state index contributed by atoms with van der Waals surface area (Å²) in [5.74, 6) is -1.22. The van der Waals surface area contributed by atoms with E-state index in [-0.39, 0.29) is 17.4 Å². The van der Waals surface area contributed by atoms with Crippen LogP contribution >= 0.6 is 0 Å². The van der Waals surface area contributed by atoms with Gasteiger partial charge in [0.25, 0.3) is 5.91 Å². The number of primary amides is 1. The van der Waals surface area contributed by atoms with E-state index in [0.29, 0.717) is 12.2 Å². The molecule has 7 nitrogen and oxygen atoms in total. The second-order valence-electron chi connectivity index (χ2n) is 5.40. The minimum Gasteiger partial charge on any atom is -0.368 e. The Hall–Kier alpha value is -2.95. The predicted molar refractivity (Wildman–Crippen MR) is 80.1 cm³/mol. The first-order valence-electron chi connectivity index (χ1n) is 7.24. The van der Waals surface area contributed by atoms with E-state index in [1.54, 1.807) is 16.8 Å². The average Bonchev–Trinajstić information content (AvgIpc) is 3.05. The first-order chi connectivity index (χ1) is 11.1. The Labute approximate surface area is 132 Å². The quantitative estimate of drug-likeness (QED) is 0.918. The Bertz CT molecular complexity index is 781. The number of benzene rings is 1. The number of hydrogen-bond donors (Lipinski definition) is 1. The summed E-state index contributed by atoms with van der Waals surface area (Å²) in [6.07, 6.45) is 3.19. The van der Waals surface area contributed by atoms with Crippen LogP contribution in [0, 0.1) is 17.1 Å². The number of piperidine rings is 1. The molecule has 1 aliphatic heterocycles. The number of amides is 1. The number of halogens is 1. The van der Waals surface area contributed by atoms with Crippen molar-refractivity contribution >= 4 is 11.6 Å². The van der Waals surface area contributed by atoms with Crippen molar-refractivity contribution in [2.45, 2.75) is 18.9 Å². The maximum Gasteiger partial charge on any atom is 0.288 e. The normalized spacial score (nSPS) is 17.7. The van der Waals surface area contributed by atoms with Gasteiger partial charge in [0.05, 0.1) is 11.7 Å². The van der Waals surface area contributed by atoms with Crippen LogP contribution in [-0.2, 0) is 0 Å². The highest BCUT2D eigenvalue weighted by Crippen LogP contribution is 2.29. The SMILES string of the molecule is N#Cc1c(F)cccc1N1CCC[C@H](n2cnc(C(N)=O)n2)C1. The molecule has 1 atom stereocenters. The summed E-state index contributed by atoms with van der Waals surface area (Å²) < 4.78 is 15.4. The van der Waals surface area contributed by atoms with E-state index in [0.717, 1.165) is 19.4 Å². The van der Waals surface area contributed by atoms with E-state index in [4.69, 9.17) is 5.73 Å². The van der Waals surface area contributed by atoms with Crippen molar-refractivity contribution in [3.63, 3.8) is 0 Å². The van der Waals surface area contributed by atoms with Gasteiger partial charge in [-0.25, -0.2) is 14.1 Å². The van der Waals surface area contributed by atoms with Gasteiger partial charge in [-0.05, 0) is 25.0 Å². The number of carbonyl (C=O) groups excluding carboxylic acids is 1. The lowest BCUT2D eigenvalue weighted by Crippen LogP contribution is -2.37. The fourth-order valence-electron chi connectivity index (χ4n) is 2.84. The average molecular weight is 314 g/mol. The molecule has 1 saturated heterocycles. The van der Waals surface area contributed by atoms with Crippen molar-refractivity contribution < 1.29 is 9.18 Å².